The average molecular weight is 531 g/mol. The summed E-state index contributed by atoms with van der Waals surface area (Å²) in [6, 6.07) is 24.3. The van der Waals surface area contributed by atoms with Gasteiger partial charge in [0.25, 0.3) is 0 Å². The fraction of sp³-hybridized carbons (Fsp3) is 0.387. The number of sulfonamides is 1. The van der Waals surface area contributed by atoms with Crippen molar-refractivity contribution < 1.29 is 17.9 Å². The first-order valence-electron chi connectivity index (χ1n) is 13.5. The molecule has 0 unspecified atom stereocenters. The number of rotatable bonds is 8. The summed E-state index contributed by atoms with van der Waals surface area (Å²) < 4.78 is 32.0. The van der Waals surface area contributed by atoms with Crippen LogP contribution in [-0.2, 0) is 20.2 Å². The second-order valence-corrected chi connectivity index (χ2v) is 13.4. The van der Waals surface area contributed by atoms with E-state index in [1.807, 2.05) is 42.5 Å². The maximum Gasteiger partial charge on any atom is 0.245 e. The predicted molar refractivity (Wildman–Crippen MR) is 150 cm³/mol. The van der Waals surface area contributed by atoms with Crippen LogP contribution in [0.15, 0.2) is 78.9 Å². The van der Waals surface area contributed by atoms with E-state index in [2.05, 4.69) is 17.4 Å². The molecular formula is C31H34N2O4S. The lowest BCUT2D eigenvalue weighted by atomic mass is 9.48. The highest BCUT2D eigenvalue weighted by Crippen LogP contribution is 2.60. The number of nitrogens with one attached hydrogen (secondary N) is 1. The van der Waals surface area contributed by atoms with Crippen LogP contribution in [0.2, 0.25) is 0 Å². The maximum absolute atomic E-state index is 12.9. The maximum atomic E-state index is 12.9. The zero-order valence-corrected chi connectivity index (χ0v) is 22.5. The Balaban J connectivity index is 1.12. The monoisotopic (exact) mass is 530 g/mol. The van der Waals surface area contributed by atoms with E-state index in [0.717, 1.165) is 28.3 Å². The zero-order chi connectivity index (χ0) is 26.3. The van der Waals surface area contributed by atoms with Crippen LogP contribution >= 0.6 is 0 Å². The van der Waals surface area contributed by atoms with E-state index in [1.165, 1.54) is 44.1 Å². The lowest BCUT2D eigenvalue weighted by Crippen LogP contribution is -2.48. The van der Waals surface area contributed by atoms with Crippen LogP contribution in [-0.4, -0.2) is 27.1 Å². The summed E-state index contributed by atoms with van der Waals surface area (Å²) in [6.07, 6.45) is 9.22. The van der Waals surface area contributed by atoms with Gasteiger partial charge in [0.15, 0.2) is 0 Å². The van der Waals surface area contributed by atoms with Gasteiger partial charge in [-0.3, -0.25) is 9.10 Å². The first kappa shape index (κ1) is 25.0. The van der Waals surface area contributed by atoms with E-state index in [-0.39, 0.29) is 12.5 Å². The molecule has 198 valence electrons. The summed E-state index contributed by atoms with van der Waals surface area (Å²) in [5, 5.41) is 2.89. The van der Waals surface area contributed by atoms with Crippen molar-refractivity contribution in [3.8, 4) is 11.5 Å². The summed E-state index contributed by atoms with van der Waals surface area (Å²) in [5.74, 6) is 3.51. The quantitative estimate of drug-likeness (QED) is 0.368. The molecule has 3 aromatic carbocycles. The Kier molecular flexibility index (Phi) is 6.42. The molecule has 0 radical (unpaired) electrons. The molecule has 3 aromatic rings. The third kappa shape index (κ3) is 5.17. The highest BCUT2D eigenvalue weighted by Gasteiger charge is 2.51. The first-order chi connectivity index (χ1) is 18.3. The van der Waals surface area contributed by atoms with E-state index < -0.39 is 10.0 Å². The van der Waals surface area contributed by atoms with Gasteiger partial charge in [-0.15, -0.1) is 0 Å². The number of hydrogen-bond acceptors (Lipinski definition) is 4. The fourth-order valence-corrected chi connectivity index (χ4v) is 8.26. The van der Waals surface area contributed by atoms with E-state index in [0.29, 0.717) is 28.3 Å². The van der Waals surface area contributed by atoms with E-state index in [1.54, 1.807) is 24.3 Å². The van der Waals surface area contributed by atoms with Crippen molar-refractivity contribution in [2.24, 2.45) is 17.8 Å². The van der Waals surface area contributed by atoms with Crippen LogP contribution in [0.3, 0.4) is 0 Å². The Morgan fingerprint density at radius 3 is 1.95 bits per heavy atom. The van der Waals surface area contributed by atoms with Gasteiger partial charge in [-0.25, -0.2) is 8.42 Å². The Hall–Kier alpha value is -3.32. The summed E-state index contributed by atoms with van der Waals surface area (Å²) >= 11 is 0. The molecule has 4 saturated carbocycles. The molecule has 7 rings (SSSR count). The number of anilines is 2. The SMILES string of the molecule is CS(=O)(=O)N(CC(=O)Nc1ccc(C23CC4CC(CC(C4)C2)C3)cc1)c1ccc(Oc2ccccc2)cc1. The Bertz CT molecular complexity index is 1370. The number of nitrogens with zero attached hydrogens (tertiary/aromatic N) is 1. The van der Waals surface area contributed by atoms with E-state index >= 15 is 0 Å². The lowest BCUT2D eigenvalue weighted by Gasteiger charge is -2.57. The lowest BCUT2D eigenvalue weighted by molar-refractivity contribution is -0.114. The van der Waals surface area contributed by atoms with Crippen LogP contribution in [0.5, 0.6) is 11.5 Å². The Morgan fingerprint density at radius 2 is 1.39 bits per heavy atom. The van der Waals surface area contributed by atoms with Gasteiger partial charge in [-0.1, -0.05) is 30.3 Å². The van der Waals surface area contributed by atoms with Crippen LogP contribution in [0.4, 0.5) is 11.4 Å². The van der Waals surface area contributed by atoms with Crippen molar-refractivity contribution in [3.63, 3.8) is 0 Å². The molecule has 1 amide bonds. The minimum absolute atomic E-state index is 0.306. The van der Waals surface area contributed by atoms with Crippen molar-refractivity contribution in [1.29, 1.82) is 0 Å². The van der Waals surface area contributed by atoms with E-state index in [4.69, 9.17) is 4.74 Å². The van der Waals surface area contributed by atoms with Crippen molar-refractivity contribution in [3.05, 3.63) is 84.4 Å². The molecule has 4 aliphatic carbocycles. The Labute approximate surface area is 225 Å². The highest BCUT2D eigenvalue weighted by molar-refractivity contribution is 7.92. The second kappa shape index (κ2) is 9.77. The second-order valence-electron chi connectivity index (χ2n) is 11.5. The largest absolute Gasteiger partial charge is 0.457 e. The molecule has 4 fully saturated rings. The summed E-state index contributed by atoms with van der Waals surface area (Å²) in [5.41, 5.74) is 2.79. The molecule has 1 N–H and O–H groups in total. The molecule has 0 aliphatic heterocycles. The molecular weight excluding hydrogens is 496 g/mol. The Morgan fingerprint density at radius 1 is 0.842 bits per heavy atom. The standard InChI is InChI=1S/C31H34N2O4S/c1-38(35,36)33(27-11-13-29(14-12-27)37-28-5-3-2-4-6-28)21-30(34)32-26-9-7-25(8-10-26)31-18-22-15-23(19-31)17-24(16-22)20-31/h2-14,22-24H,15-21H2,1H3,(H,32,34). The minimum atomic E-state index is -3.68. The molecule has 0 spiro atoms. The zero-order valence-electron chi connectivity index (χ0n) is 21.7. The van der Waals surface area contributed by atoms with Crippen LogP contribution < -0.4 is 14.4 Å². The third-order valence-corrected chi connectivity index (χ3v) is 9.75. The summed E-state index contributed by atoms with van der Waals surface area (Å²) in [4.78, 5) is 12.9. The molecule has 0 saturated heterocycles. The molecule has 7 heteroatoms. The molecule has 38 heavy (non-hydrogen) atoms. The third-order valence-electron chi connectivity index (χ3n) is 8.61. The van der Waals surface area contributed by atoms with Gasteiger partial charge in [0, 0.05) is 5.69 Å². The smallest absolute Gasteiger partial charge is 0.245 e. The minimum Gasteiger partial charge on any atom is -0.457 e. The predicted octanol–water partition coefficient (Wildman–Crippen LogP) is 6.35. The number of benzene rings is 3. The topological polar surface area (TPSA) is 75.7 Å². The number of carbonyl (C=O) groups excluding carboxylic acids is 1. The van der Waals surface area contributed by atoms with Gasteiger partial charge in [-0.05, 0) is 116 Å². The molecule has 0 aromatic heterocycles. The average Bonchev–Trinajstić information content (AvgIpc) is 2.87. The van der Waals surface area contributed by atoms with Crippen molar-refractivity contribution in [2.45, 2.75) is 43.9 Å². The normalized spacial score (nSPS) is 25.7. The van der Waals surface area contributed by atoms with Crippen LogP contribution in [0.1, 0.15) is 44.1 Å². The van der Waals surface area contributed by atoms with E-state index in [9.17, 15) is 13.2 Å². The van der Waals surface area contributed by atoms with Crippen LogP contribution in [0.25, 0.3) is 0 Å². The number of ether oxygens (including phenoxy) is 1. The van der Waals surface area contributed by atoms with Crippen molar-refractivity contribution in [1.82, 2.24) is 0 Å². The molecule has 4 bridgehead atoms. The molecule has 0 atom stereocenters. The number of para-hydroxylation sites is 1. The number of amides is 1. The fourth-order valence-electron chi connectivity index (χ4n) is 7.41. The molecule has 6 nitrogen and oxygen atoms in total. The summed E-state index contributed by atoms with van der Waals surface area (Å²) in [7, 11) is -3.68. The van der Waals surface area contributed by atoms with Gasteiger partial charge in [0.2, 0.25) is 15.9 Å². The van der Waals surface area contributed by atoms with Gasteiger partial charge in [0.05, 0.1) is 11.9 Å². The van der Waals surface area contributed by atoms with Gasteiger partial charge in [-0.2, -0.15) is 0 Å². The van der Waals surface area contributed by atoms with Gasteiger partial charge < -0.3 is 10.1 Å². The van der Waals surface area contributed by atoms with Crippen molar-refractivity contribution >= 4 is 27.3 Å². The van der Waals surface area contributed by atoms with Gasteiger partial charge >= 0.3 is 0 Å². The number of carbonyl (C=O) groups is 1. The molecule has 0 heterocycles. The van der Waals surface area contributed by atoms with Gasteiger partial charge in [0.1, 0.15) is 18.0 Å². The first-order valence-corrected chi connectivity index (χ1v) is 15.3. The molecule has 4 aliphatic rings. The summed E-state index contributed by atoms with van der Waals surface area (Å²) in [6.45, 7) is -0.311. The van der Waals surface area contributed by atoms with Crippen molar-refractivity contribution in [2.75, 3.05) is 22.4 Å². The highest BCUT2D eigenvalue weighted by atomic mass is 32.2. The van der Waals surface area contributed by atoms with Crippen LogP contribution in [0, 0.1) is 17.8 Å². The number of hydrogen-bond donors (Lipinski definition) is 1.